The topological polar surface area (TPSA) is 45.2 Å². The third-order valence-corrected chi connectivity index (χ3v) is 5.57. The first kappa shape index (κ1) is 19.7. The van der Waals surface area contributed by atoms with Gasteiger partial charge in [0, 0.05) is 37.0 Å². The molecule has 0 bridgehead atoms. The van der Waals surface area contributed by atoms with E-state index in [1.807, 2.05) is 0 Å². The number of aromatic nitrogens is 1. The zero-order valence-corrected chi connectivity index (χ0v) is 15.7. The second-order valence-corrected chi connectivity index (χ2v) is 7.67. The molecule has 0 aliphatic carbocycles. The van der Waals surface area contributed by atoms with Gasteiger partial charge in [0.15, 0.2) is 0 Å². The van der Waals surface area contributed by atoms with Crippen LogP contribution in [0.1, 0.15) is 39.9 Å². The highest BCUT2D eigenvalue weighted by Gasteiger charge is 2.32. The fourth-order valence-corrected chi connectivity index (χ4v) is 4.30. The lowest BCUT2D eigenvalue weighted by atomic mass is 9.90. The van der Waals surface area contributed by atoms with Crippen molar-refractivity contribution in [2.45, 2.75) is 31.9 Å². The quantitative estimate of drug-likeness (QED) is 0.783. The second kappa shape index (κ2) is 7.65. The fraction of sp³-hybridized carbons (Fsp3) is 0.429. The number of nitrogens with one attached hydrogen (secondary N) is 1. The van der Waals surface area contributed by atoms with Crippen molar-refractivity contribution < 1.29 is 22.4 Å². The number of piperidine rings is 1. The van der Waals surface area contributed by atoms with E-state index in [4.69, 9.17) is 0 Å². The number of fused-ring (bicyclic) bond motifs is 1. The fourth-order valence-electron chi connectivity index (χ4n) is 4.30. The van der Waals surface area contributed by atoms with Crippen molar-refractivity contribution in [1.29, 1.82) is 0 Å². The number of carbonyl (C=O) groups excluding carboxylic acids is 1. The van der Waals surface area contributed by atoms with Crippen molar-refractivity contribution in [3.8, 4) is 0 Å². The molecule has 8 heteroatoms. The zero-order chi connectivity index (χ0) is 20.6. The van der Waals surface area contributed by atoms with E-state index in [1.165, 1.54) is 6.07 Å². The molecule has 4 nitrogen and oxygen atoms in total. The number of pyridine rings is 1. The average Bonchev–Trinajstić information content (AvgIpc) is 2.67. The Balaban J connectivity index is 1.54. The third-order valence-electron chi connectivity index (χ3n) is 5.57. The first-order valence-corrected chi connectivity index (χ1v) is 9.69. The predicted molar refractivity (Wildman–Crippen MR) is 100 cm³/mol. The maximum Gasteiger partial charge on any atom is 0.416 e. The minimum atomic E-state index is -4.57. The monoisotopic (exact) mass is 407 g/mol. The SMILES string of the molecule is O=C1NCCc2c1ccnc2N1CCC[C@@H](Cc2cc(F)cc(C(F)(F)F)c2)C1. The van der Waals surface area contributed by atoms with Crippen LogP contribution in [0.5, 0.6) is 0 Å². The van der Waals surface area contributed by atoms with Crippen LogP contribution in [-0.4, -0.2) is 30.5 Å². The Hall–Kier alpha value is -2.64. The van der Waals surface area contributed by atoms with Crippen LogP contribution in [0.25, 0.3) is 0 Å². The van der Waals surface area contributed by atoms with Crippen LogP contribution in [-0.2, 0) is 19.0 Å². The Morgan fingerprint density at radius 2 is 2.07 bits per heavy atom. The summed E-state index contributed by atoms with van der Waals surface area (Å²) >= 11 is 0. The minimum Gasteiger partial charge on any atom is -0.356 e. The van der Waals surface area contributed by atoms with Crippen molar-refractivity contribution in [1.82, 2.24) is 10.3 Å². The Morgan fingerprint density at radius 1 is 1.24 bits per heavy atom. The van der Waals surface area contributed by atoms with E-state index in [-0.39, 0.29) is 11.8 Å². The molecule has 2 aliphatic rings. The van der Waals surface area contributed by atoms with E-state index >= 15 is 0 Å². The van der Waals surface area contributed by atoms with Crippen molar-refractivity contribution in [2.75, 3.05) is 24.5 Å². The molecule has 0 unspecified atom stereocenters. The highest BCUT2D eigenvalue weighted by atomic mass is 19.4. The highest BCUT2D eigenvalue weighted by molar-refractivity contribution is 5.97. The largest absolute Gasteiger partial charge is 0.416 e. The first-order chi connectivity index (χ1) is 13.8. The number of amides is 1. The Kier molecular flexibility index (Phi) is 5.19. The van der Waals surface area contributed by atoms with Gasteiger partial charge in [-0.3, -0.25) is 4.79 Å². The van der Waals surface area contributed by atoms with Gasteiger partial charge in [-0.15, -0.1) is 0 Å². The molecule has 0 spiro atoms. The van der Waals surface area contributed by atoms with Gasteiger partial charge in [-0.25, -0.2) is 9.37 Å². The van der Waals surface area contributed by atoms with E-state index in [2.05, 4.69) is 15.2 Å². The molecule has 2 aromatic rings. The molecule has 29 heavy (non-hydrogen) atoms. The van der Waals surface area contributed by atoms with Crippen molar-refractivity contribution in [3.63, 3.8) is 0 Å². The van der Waals surface area contributed by atoms with E-state index in [0.717, 1.165) is 36.8 Å². The van der Waals surface area contributed by atoms with Crippen LogP contribution in [0.3, 0.4) is 0 Å². The van der Waals surface area contributed by atoms with Gasteiger partial charge in [0.2, 0.25) is 0 Å². The maximum absolute atomic E-state index is 13.7. The van der Waals surface area contributed by atoms with Crippen LogP contribution < -0.4 is 10.2 Å². The molecular formula is C21H21F4N3O. The smallest absolute Gasteiger partial charge is 0.356 e. The lowest BCUT2D eigenvalue weighted by Gasteiger charge is -2.35. The summed E-state index contributed by atoms with van der Waals surface area (Å²) in [7, 11) is 0. The normalized spacial score (nSPS) is 19.7. The van der Waals surface area contributed by atoms with Gasteiger partial charge in [0.1, 0.15) is 11.6 Å². The van der Waals surface area contributed by atoms with E-state index in [0.29, 0.717) is 43.1 Å². The molecule has 4 rings (SSSR count). The molecule has 1 aromatic heterocycles. The van der Waals surface area contributed by atoms with Crippen LogP contribution >= 0.6 is 0 Å². The molecule has 3 heterocycles. The maximum atomic E-state index is 13.7. The van der Waals surface area contributed by atoms with Gasteiger partial charge in [-0.1, -0.05) is 0 Å². The molecule has 154 valence electrons. The number of hydrogen-bond acceptors (Lipinski definition) is 3. The Morgan fingerprint density at radius 3 is 2.86 bits per heavy atom. The summed E-state index contributed by atoms with van der Waals surface area (Å²) in [6.45, 7) is 1.95. The first-order valence-electron chi connectivity index (χ1n) is 9.69. The highest BCUT2D eigenvalue weighted by Crippen LogP contribution is 2.33. The molecule has 1 saturated heterocycles. The van der Waals surface area contributed by atoms with E-state index < -0.39 is 17.6 Å². The van der Waals surface area contributed by atoms with E-state index in [1.54, 1.807) is 12.3 Å². The average molecular weight is 407 g/mol. The number of halogens is 4. The lowest BCUT2D eigenvalue weighted by molar-refractivity contribution is -0.137. The molecule has 1 aromatic carbocycles. The number of alkyl halides is 3. The molecule has 0 saturated carbocycles. The molecule has 2 aliphatic heterocycles. The predicted octanol–water partition coefficient (Wildman–Crippen LogP) is 3.98. The van der Waals surface area contributed by atoms with Gasteiger partial charge < -0.3 is 10.2 Å². The number of anilines is 1. The summed E-state index contributed by atoms with van der Waals surface area (Å²) < 4.78 is 52.7. The molecular weight excluding hydrogens is 386 g/mol. The third kappa shape index (κ3) is 4.21. The van der Waals surface area contributed by atoms with Crippen LogP contribution in [0, 0.1) is 11.7 Å². The van der Waals surface area contributed by atoms with Crippen LogP contribution in [0.15, 0.2) is 30.5 Å². The summed E-state index contributed by atoms with van der Waals surface area (Å²) in [5.74, 6) is -0.117. The summed E-state index contributed by atoms with van der Waals surface area (Å²) in [5, 5.41) is 2.82. The molecule has 1 fully saturated rings. The second-order valence-electron chi connectivity index (χ2n) is 7.67. The summed E-state index contributed by atoms with van der Waals surface area (Å²) in [5.41, 5.74) is 0.946. The molecule has 0 radical (unpaired) electrons. The Labute approximate surface area is 165 Å². The number of carbonyl (C=O) groups is 1. The number of hydrogen-bond donors (Lipinski definition) is 1. The number of nitrogens with zero attached hydrogens (tertiary/aromatic N) is 2. The van der Waals surface area contributed by atoms with Crippen LogP contribution in [0.4, 0.5) is 23.4 Å². The van der Waals surface area contributed by atoms with E-state index in [9.17, 15) is 22.4 Å². The lowest BCUT2D eigenvalue weighted by Crippen LogP contribution is -2.39. The van der Waals surface area contributed by atoms with Crippen molar-refractivity contribution in [3.05, 3.63) is 58.5 Å². The van der Waals surface area contributed by atoms with Gasteiger partial charge in [-0.2, -0.15) is 13.2 Å². The van der Waals surface area contributed by atoms with Crippen molar-refractivity contribution in [2.24, 2.45) is 5.92 Å². The number of rotatable bonds is 3. The van der Waals surface area contributed by atoms with Gasteiger partial charge in [0.05, 0.1) is 5.56 Å². The summed E-state index contributed by atoms with van der Waals surface area (Å²) in [6, 6.07) is 4.46. The molecule has 1 N–H and O–H groups in total. The molecule has 1 amide bonds. The van der Waals surface area contributed by atoms with Crippen LogP contribution in [0.2, 0.25) is 0 Å². The summed E-state index contributed by atoms with van der Waals surface area (Å²) in [4.78, 5) is 18.7. The van der Waals surface area contributed by atoms with Gasteiger partial charge >= 0.3 is 6.18 Å². The standard InChI is InChI=1S/C21H21F4N3O/c22-16-10-14(9-15(11-16)21(23,24)25)8-13-2-1-7-28(12-13)19-17-3-6-27-20(29)18(17)4-5-26-19/h4-5,9-11,13H,1-3,6-8,12H2,(H,27,29)/t13-/m0/s1. The number of benzene rings is 1. The molecule has 1 atom stereocenters. The van der Waals surface area contributed by atoms with Gasteiger partial charge in [-0.05, 0) is 61.4 Å². The minimum absolute atomic E-state index is 0.0849. The zero-order valence-electron chi connectivity index (χ0n) is 15.7. The van der Waals surface area contributed by atoms with Gasteiger partial charge in [0.25, 0.3) is 5.91 Å². The summed E-state index contributed by atoms with van der Waals surface area (Å²) in [6.07, 6.45) is -0.168. The van der Waals surface area contributed by atoms with Crippen molar-refractivity contribution >= 4 is 11.7 Å². The Bertz CT molecular complexity index is 929.